The Kier molecular flexibility index (Phi) is 5.19. The molecular formula is C20H21N7O2. The monoisotopic (exact) mass is 391 g/mol. The molecule has 0 aliphatic carbocycles. The van der Waals surface area contributed by atoms with E-state index in [9.17, 15) is 9.59 Å². The first-order valence-corrected chi connectivity index (χ1v) is 9.35. The van der Waals surface area contributed by atoms with Gasteiger partial charge in [-0.05, 0) is 53.2 Å². The number of amides is 3. The average Bonchev–Trinajstić information content (AvgIpc) is 3.28. The minimum atomic E-state index is -0.150. The van der Waals surface area contributed by atoms with Crippen molar-refractivity contribution < 1.29 is 9.59 Å². The molecule has 1 fully saturated rings. The number of anilines is 1. The van der Waals surface area contributed by atoms with Crippen molar-refractivity contribution in [1.29, 1.82) is 0 Å². The van der Waals surface area contributed by atoms with E-state index in [1.165, 1.54) is 11.0 Å². The van der Waals surface area contributed by atoms with Gasteiger partial charge in [-0.3, -0.25) is 4.79 Å². The molecule has 4 rings (SSSR count). The minimum absolute atomic E-state index is 0.0707. The summed E-state index contributed by atoms with van der Waals surface area (Å²) in [5, 5.41) is 14.0. The molecule has 3 amide bonds. The third kappa shape index (κ3) is 4.23. The summed E-state index contributed by atoms with van der Waals surface area (Å²) in [5.74, 6) is -0.0707. The number of carbonyl (C=O) groups excluding carboxylic acids is 2. The molecule has 1 aromatic heterocycles. The third-order valence-corrected chi connectivity index (χ3v) is 4.83. The van der Waals surface area contributed by atoms with Crippen molar-refractivity contribution in [1.82, 2.24) is 30.0 Å². The number of aromatic nitrogens is 4. The quantitative estimate of drug-likeness (QED) is 0.736. The number of carbonyl (C=O) groups is 2. The zero-order valence-electron chi connectivity index (χ0n) is 16.0. The van der Waals surface area contributed by atoms with Gasteiger partial charge in [0, 0.05) is 37.4 Å². The van der Waals surface area contributed by atoms with Crippen LogP contribution in [-0.2, 0) is 0 Å². The molecule has 29 heavy (non-hydrogen) atoms. The van der Waals surface area contributed by atoms with Crippen molar-refractivity contribution in [2.45, 2.75) is 6.92 Å². The number of benzene rings is 2. The van der Waals surface area contributed by atoms with Crippen LogP contribution in [0.4, 0.5) is 10.5 Å². The third-order valence-electron chi connectivity index (χ3n) is 4.83. The standard InChI is InChI=1S/C20H21N7O2/c1-15-4-2-6-17(12-15)22-20(29)26-10-8-25(9-11-26)19(28)16-5-3-7-18(13-16)27-14-21-23-24-27/h2-7,12-14H,8-11H2,1H3,(H,22,29). The molecular weight excluding hydrogens is 370 g/mol. The first kappa shape index (κ1) is 18.6. The van der Waals surface area contributed by atoms with Crippen molar-refractivity contribution >= 4 is 17.6 Å². The molecule has 9 heteroatoms. The molecule has 1 saturated heterocycles. The fourth-order valence-corrected chi connectivity index (χ4v) is 3.28. The molecule has 1 aliphatic heterocycles. The zero-order valence-corrected chi connectivity index (χ0v) is 16.0. The summed E-state index contributed by atoms with van der Waals surface area (Å²) in [6.45, 7) is 3.91. The molecule has 9 nitrogen and oxygen atoms in total. The van der Waals surface area contributed by atoms with Crippen molar-refractivity contribution in [3.8, 4) is 5.69 Å². The Bertz CT molecular complexity index is 1010. The molecule has 1 aliphatic rings. The predicted molar refractivity (Wildman–Crippen MR) is 107 cm³/mol. The maximum absolute atomic E-state index is 12.9. The number of nitrogens with one attached hydrogen (secondary N) is 1. The van der Waals surface area contributed by atoms with Gasteiger partial charge in [0.05, 0.1) is 5.69 Å². The maximum Gasteiger partial charge on any atom is 0.321 e. The van der Waals surface area contributed by atoms with E-state index < -0.39 is 0 Å². The molecule has 2 aromatic carbocycles. The second kappa shape index (κ2) is 8.09. The molecule has 148 valence electrons. The maximum atomic E-state index is 12.9. The Morgan fingerprint density at radius 1 is 0.966 bits per heavy atom. The van der Waals surface area contributed by atoms with Gasteiger partial charge in [-0.1, -0.05) is 18.2 Å². The number of nitrogens with zero attached hydrogens (tertiary/aromatic N) is 6. The molecule has 0 saturated carbocycles. The Hall–Kier alpha value is -3.75. The van der Waals surface area contributed by atoms with Gasteiger partial charge < -0.3 is 15.1 Å². The van der Waals surface area contributed by atoms with Gasteiger partial charge in [0.1, 0.15) is 6.33 Å². The van der Waals surface area contributed by atoms with Gasteiger partial charge in [0.2, 0.25) is 0 Å². The van der Waals surface area contributed by atoms with Crippen LogP contribution in [0.5, 0.6) is 0 Å². The van der Waals surface area contributed by atoms with Crippen LogP contribution in [-0.4, -0.2) is 68.1 Å². The highest BCUT2D eigenvalue weighted by atomic mass is 16.2. The molecule has 0 radical (unpaired) electrons. The van der Waals surface area contributed by atoms with E-state index in [-0.39, 0.29) is 11.9 Å². The SMILES string of the molecule is Cc1cccc(NC(=O)N2CCN(C(=O)c3cccc(-n4cnnn4)c3)CC2)c1. The van der Waals surface area contributed by atoms with E-state index in [1.807, 2.05) is 37.3 Å². The number of rotatable bonds is 3. The van der Waals surface area contributed by atoms with Crippen molar-refractivity contribution in [3.05, 3.63) is 66.0 Å². The first-order chi connectivity index (χ1) is 14.1. The summed E-state index contributed by atoms with van der Waals surface area (Å²) in [7, 11) is 0. The first-order valence-electron chi connectivity index (χ1n) is 9.35. The summed E-state index contributed by atoms with van der Waals surface area (Å²) < 4.78 is 1.50. The second-order valence-corrected chi connectivity index (χ2v) is 6.88. The highest BCUT2D eigenvalue weighted by molar-refractivity contribution is 5.95. The number of tetrazole rings is 1. The van der Waals surface area contributed by atoms with Crippen LogP contribution in [0.2, 0.25) is 0 Å². The number of hydrogen-bond donors (Lipinski definition) is 1. The highest BCUT2D eigenvalue weighted by Gasteiger charge is 2.25. The van der Waals surface area contributed by atoms with Crippen LogP contribution in [0, 0.1) is 6.92 Å². The second-order valence-electron chi connectivity index (χ2n) is 6.88. The smallest absolute Gasteiger partial charge is 0.321 e. The molecule has 2 heterocycles. The summed E-state index contributed by atoms with van der Waals surface area (Å²) in [6, 6.07) is 14.7. The van der Waals surface area contributed by atoms with Crippen molar-refractivity contribution in [2.24, 2.45) is 0 Å². The molecule has 0 spiro atoms. The van der Waals surface area contributed by atoms with Gasteiger partial charge in [0.15, 0.2) is 0 Å². The Labute approximate surface area is 167 Å². The van der Waals surface area contributed by atoms with Crippen LogP contribution in [0.15, 0.2) is 54.9 Å². The van der Waals surface area contributed by atoms with Crippen LogP contribution in [0.25, 0.3) is 5.69 Å². The van der Waals surface area contributed by atoms with E-state index >= 15 is 0 Å². The number of urea groups is 1. The summed E-state index contributed by atoms with van der Waals surface area (Å²) in [6.07, 6.45) is 1.48. The lowest BCUT2D eigenvalue weighted by atomic mass is 10.1. The molecule has 0 bridgehead atoms. The van der Waals surface area contributed by atoms with Gasteiger partial charge >= 0.3 is 6.03 Å². The lowest BCUT2D eigenvalue weighted by Crippen LogP contribution is -2.51. The van der Waals surface area contributed by atoms with Crippen LogP contribution < -0.4 is 5.32 Å². The molecule has 3 aromatic rings. The number of piperazine rings is 1. The van der Waals surface area contributed by atoms with Crippen LogP contribution >= 0.6 is 0 Å². The van der Waals surface area contributed by atoms with E-state index in [0.717, 1.165) is 16.9 Å². The van der Waals surface area contributed by atoms with Gasteiger partial charge in [0.25, 0.3) is 5.91 Å². The summed E-state index contributed by atoms with van der Waals surface area (Å²) in [4.78, 5) is 28.8. The Morgan fingerprint density at radius 3 is 2.45 bits per heavy atom. The van der Waals surface area contributed by atoms with Gasteiger partial charge in [-0.25, -0.2) is 9.48 Å². The lowest BCUT2D eigenvalue weighted by molar-refractivity contribution is 0.0671. The van der Waals surface area contributed by atoms with Crippen molar-refractivity contribution in [3.63, 3.8) is 0 Å². The topological polar surface area (TPSA) is 96.2 Å². The number of hydrogen-bond acceptors (Lipinski definition) is 5. The summed E-state index contributed by atoms with van der Waals surface area (Å²) >= 11 is 0. The van der Waals surface area contributed by atoms with E-state index in [2.05, 4.69) is 20.8 Å². The van der Waals surface area contributed by atoms with Gasteiger partial charge in [-0.15, -0.1) is 5.10 Å². The molecule has 1 N–H and O–H groups in total. The minimum Gasteiger partial charge on any atom is -0.335 e. The summed E-state index contributed by atoms with van der Waals surface area (Å²) in [5.41, 5.74) is 3.14. The lowest BCUT2D eigenvalue weighted by Gasteiger charge is -2.34. The van der Waals surface area contributed by atoms with E-state index in [4.69, 9.17) is 0 Å². The van der Waals surface area contributed by atoms with Crippen LogP contribution in [0.3, 0.4) is 0 Å². The van der Waals surface area contributed by atoms with Crippen LogP contribution in [0.1, 0.15) is 15.9 Å². The highest BCUT2D eigenvalue weighted by Crippen LogP contribution is 2.15. The average molecular weight is 391 g/mol. The predicted octanol–water partition coefficient (Wildman–Crippen LogP) is 1.96. The molecule has 0 unspecified atom stereocenters. The molecule has 0 atom stereocenters. The normalized spacial score (nSPS) is 14.0. The van der Waals surface area contributed by atoms with E-state index in [0.29, 0.717) is 31.7 Å². The van der Waals surface area contributed by atoms with E-state index in [1.54, 1.807) is 28.0 Å². The number of aryl methyl sites for hydroxylation is 1. The Morgan fingerprint density at radius 2 is 1.72 bits per heavy atom. The van der Waals surface area contributed by atoms with Gasteiger partial charge in [-0.2, -0.15) is 0 Å². The fourth-order valence-electron chi connectivity index (χ4n) is 3.28. The van der Waals surface area contributed by atoms with Crippen molar-refractivity contribution in [2.75, 3.05) is 31.5 Å². The zero-order chi connectivity index (χ0) is 20.2. The fraction of sp³-hybridized carbons (Fsp3) is 0.250. The largest absolute Gasteiger partial charge is 0.335 e. The Balaban J connectivity index is 1.36.